The van der Waals surface area contributed by atoms with Crippen molar-refractivity contribution in [3.05, 3.63) is 0 Å². The van der Waals surface area contributed by atoms with Crippen molar-refractivity contribution in [2.75, 3.05) is 6.61 Å². The molecule has 2 rings (SSSR count). The molecule has 0 aliphatic carbocycles. The maximum atomic E-state index is 12.1. The first-order valence-corrected chi connectivity index (χ1v) is 12.9. The van der Waals surface area contributed by atoms with Crippen LogP contribution in [0.2, 0.25) is 0 Å². The fourth-order valence-electron chi connectivity index (χ4n) is 4.71. The molecule has 12 nitrogen and oxygen atoms in total. The number of ether oxygens (including phenoxy) is 4. The number of carboxylic acids is 1. The zero-order valence-electron chi connectivity index (χ0n) is 22.8. The Morgan fingerprint density at radius 2 is 1.51 bits per heavy atom. The molecule has 0 aromatic carbocycles. The van der Waals surface area contributed by atoms with Crippen LogP contribution in [0.25, 0.3) is 0 Å². The molecule has 0 aromatic heterocycles. The molecule has 2 saturated heterocycles. The number of aliphatic hydroxyl groups excluding tert-OH is 4. The molecule has 2 aliphatic heterocycles. The highest BCUT2D eigenvalue weighted by molar-refractivity contribution is 5.74. The summed E-state index contributed by atoms with van der Waals surface area (Å²) >= 11 is 0. The lowest BCUT2D eigenvalue weighted by Crippen LogP contribution is -2.70. The SMILES string of the molecule is CCC(C)(CC)OC1C(C(=O)O)OC(OC2C(O)C(CO)OC(C(C)(C)CC)C2NC(C)=O)C(O)C1O. The number of aliphatic hydroxyl groups is 4. The molecule has 10 unspecified atom stereocenters. The second kappa shape index (κ2) is 12.6. The molecule has 37 heavy (non-hydrogen) atoms. The van der Waals surface area contributed by atoms with E-state index in [1.54, 1.807) is 6.92 Å². The van der Waals surface area contributed by atoms with Gasteiger partial charge in [0.2, 0.25) is 5.91 Å². The Morgan fingerprint density at radius 3 is 1.97 bits per heavy atom. The summed E-state index contributed by atoms with van der Waals surface area (Å²) in [5.41, 5.74) is -1.31. The molecule has 10 atom stereocenters. The molecular weight excluding hydrogens is 490 g/mol. The molecule has 0 radical (unpaired) electrons. The molecule has 0 bridgehead atoms. The van der Waals surface area contributed by atoms with E-state index in [9.17, 15) is 35.1 Å². The fourth-order valence-corrected chi connectivity index (χ4v) is 4.71. The van der Waals surface area contributed by atoms with Crippen LogP contribution in [0.3, 0.4) is 0 Å². The number of aliphatic carboxylic acids is 1. The highest BCUT2D eigenvalue weighted by atomic mass is 16.7. The summed E-state index contributed by atoms with van der Waals surface area (Å²) < 4.78 is 23.5. The Balaban J connectivity index is 2.42. The Bertz CT molecular complexity index is 774. The monoisotopic (exact) mass is 535 g/mol. The number of hydrogen-bond donors (Lipinski definition) is 6. The molecule has 2 heterocycles. The molecule has 0 saturated carbocycles. The standard InChI is InChI=1S/C25H45NO11/c1-8-24(5,6)21-14(26-12(4)28)18(15(29)13(11-27)34-21)35-23-17(31)16(30)19(20(36-23)22(32)33)37-25(7,9-2)10-3/h13-21,23,27,29-31H,8-11H2,1-7H3,(H,26,28)(H,32,33). The molecule has 0 spiro atoms. The first-order chi connectivity index (χ1) is 17.2. The van der Waals surface area contributed by atoms with Gasteiger partial charge in [0, 0.05) is 6.92 Å². The van der Waals surface area contributed by atoms with E-state index in [4.69, 9.17) is 18.9 Å². The van der Waals surface area contributed by atoms with Crippen LogP contribution in [0.5, 0.6) is 0 Å². The van der Waals surface area contributed by atoms with E-state index in [0.717, 1.165) is 0 Å². The van der Waals surface area contributed by atoms with E-state index in [1.165, 1.54) is 6.92 Å². The number of hydrogen-bond acceptors (Lipinski definition) is 10. The summed E-state index contributed by atoms with van der Waals surface area (Å²) in [7, 11) is 0. The second-order valence-electron chi connectivity index (χ2n) is 10.9. The molecule has 216 valence electrons. The molecule has 6 N–H and O–H groups in total. The van der Waals surface area contributed by atoms with Crippen LogP contribution in [0, 0.1) is 5.41 Å². The third-order valence-electron chi connectivity index (χ3n) is 7.95. The topological polar surface area (TPSA) is 184 Å². The predicted molar refractivity (Wildman–Crippen MR) is 130 cm³/mol. The highest BCUT2D eigenvalue weighted by Gasteiger charge is 2.55. The van der Waals surface area contributed by atoms with Crippen molar-refractivity contribution in [3.8, 4) is 0 Å². The summed E-state index contributed by atoms with van der Waals surface area (Å²) in [5.74, 6) is -1.86. The van der Waals surface area contributed by atoms with Crippen LogP contribution in [0.1, 0.15) is 67.7 Å². The van der Waals surface area contributed by atoms with Crippen LogP contribution < -0.4 is 5.32 Å². The molecule has 2 fully saturated rings. The first kappa shape index (κ1) is 31.8. The van der Waals surface area contributed by atoms with Crippen molar-refractivity contribution >= 4 is 11.9 Å². The van der Waals surface area contributed by atoms with E-state index < -0.39 is 90.7 Å². The van der Waals surface area contributed by atoms with Crippen molar-refractivity contribution in [2.45, 2.75) is 134 Å². The number of amides is 1. The smallest absolute Gasteiger partial charge is 0.335 e. The molecule has 12 heteroatoms. The van der Waals surface area contributed by atoms with E-state index in [-0.39, 0.29) is 0 Å². The minimum Gasteiger partial charge on any atom is -0.479 e. The lowest BCUT2D eigenvalue weighted by Gasteiger charge is -2.51. The minimum absolute atomic E-state index is 0.436. The van der Waals surface area contributed by atoms with Gasteiger partial charge >= 0.3 is 5.97 Å². The van der Waals surface area contributed by atoms with Gasteiger partial charge in [-0.25, -0.2) is 4.79 Å². The first-order valence-electron chi connectivity index (χ1n) is 12.9. The van der Waals surface area contributed by atoms with Gasteiger partial charge in [0.15, 0.2) is 12.4 Å². The van der Waals surface area contributed by atoms with Crippen LogP contribution in [0.15, 0.2) is 0 Å². The summed E-state index contributed by atoms with van der Waals surface area (Å²) in [4.78, 5) is 24.2. The number of carbonyl (C=O) groups is 2. The van der Waals surface area contributed by atoms with Gasteiger partial charge in [-0.3, -0.25) is 4.79 Å². The molecule has 2 aliphatic rings. The van der Waals surface area contributed by atoms with Crippen LogP contribution in [0.4, 0.5) is 0 Å². The van der Waals surface area contributed by atoms with Crippen LogP contribution in [-0.4, -0.2) is 111 Å². The lowest BCUT2D eigenvalue weighted by molar-refractivity contribution is -0.340. The zero-order valence-corrected chi connectivity index (χ0v) is 22.8. The fraction of sp³-hybridized carbons (Fsp3) is 0.920. The van der Waals surface area contributed by atoms with Gasteiger partial charge in [-0.05, 0) is 31.6 Å². The third-order valence-corrected chi connectivity index (χ3v) is 7.95. The van der Waals surface area contributed by atoms with Crippen molar-refractivity contribution in [1.29, 1.82) is 0 Å². The van der Waals surface area contributed by atoms with Gasteiger partial charge in [-0.2, -0.15) is 0 Å². The Kier molecular flexibility index (Phi) is 10.9. The van der Waals surface area contributed by atoms with Crippen molar-refractivity contribution in [1.82, 2.24) is 5.32 Å². The molecule has 1 amide bonds. The number of carboxylic acid groups (broad SMARTS) is 1. The quantitative estimate of drug-likeness (QED) is 0.208. The average molecular weight is 536 g/mol. The Morgan fingerprint density at radius 1 is 0.919 bits per heavy atom. The van der Waals surface area contributed by atoms with Gasteiger partial charge in [0.25, 0.3) is 0 Å². The van der Waals surface area contributed by atoms with Crippen molar-refractivity contribution in [2.24, 2.45) is 5.41 Å². The number of rotatable bonds is 11. The normalized spacial score (nSPS) is 37.3. The Labute approximate surface area is 218 Å². The van der Waals surface area contributed by atoms with Crippen molar-refractivity contribution < 1.29 is 54.1 Å². The predicted octanol–water partition coefficient (Wildman–Crippen LogP) is -0.0717. The van der Waals surface area contributed by atoms with Gasteiger partial charge in [0.1, 0.15) is 36.6 Å². The summed E-state index contributed by atoms with van der Waals surface area (Å²) in [6, 6.07) is -0.945. The number of nitrogens with one attached hydrogen (secondary N) is 1. The summed E-state index contributed by atoms with van der Waals surface area (Å²) in [6.45, 7) is 11.9. The third kappa shape index (κ3) is 6.99. The van der Waals surface area contributed by atoms with Gasteiger partial charge < -0.3 is 49.8 Å². The molecular formula is C25H45NO11. The van der Waals surface area contributed by atoms with E-state index >= 15 is 0 Å². The molecule has 0 aromatic rings. The zero-order chi connectivity index (χ0) is 28.3. The average Bonchev–Trinajstić information content (AvgIpc) is 2.84. The maximum Gasteiger partial charge on any atom is 0.335 e. The minimum atomic E-state index is -1.74. The van der Waals surface area contributed by atoms with Gasteiger partial charge in [-0.15, -0.1) is 0 Å². The van der Waals surface area contributed by atoms with Gasteiger partial charge in [-0.1, -0.05) is 34.6 Å². The highest BCUT2D eigenvalue weighted by Crippen LogP contribution is 2.38. The Hall–Kier alpha value is -1.38. The number of carbonyl (C=O) groups excluding carboxylic acids is 1. The van der Waals surface area contributed by atoms with Crippen LogP contribution in [-0.2, 0) is 28.5 Å². The van der Waals surface area contributed by atoms with E-state index in [1.807, 2.05) is 34.6 Å². The van der Waals surface area contributed by atoms with Crippen LogP contribution >= 0.6 is 0 Å². The second-order valence-corrected chi connectivity index (χ2v) is 10.9. The van der Waals surface area contributed by atoms with E-state index in [0.29, 0.717) is 19.3 Å². The van der Waals surface area contributed by atoms with E-state index in [2.05, 4.69) is 5.32 Å². The maximum absolute atomic E-state index is 12.1. The largest absolute Gasteiger partial charge is 0.479 e. The van der Waals surface area contributed by atoms with Gasteiger partial charge in [0.05, 0.1) is 24.4 Å². The summed E-state index contributed by atoms with van der Waals surface area (Å²) in [6.07, 6.45) is -11.1. The van der Waals surface area contributed by atoms with Crippen molar-refractivity contribution in [3.63, 3.8) is 0 Å². The lowest BCUT2D eigenvalue weighted by atomic mass is 9.75. The summed E-state index contributed by atoms with van der Waals surface area (Å²) in [5, 5.41) is 55.3.